The number of hydrogen-bond donors (Lipinski definition) is 3. The number of hydrogen-bond acceptors (Lipinski definition) is 4. The summed E-state index contributed by atoms with van der Waals surface area (Å²) in [4.78, 5) is 2.19. The van der Waals surface area contributed by atoms with Crippen molar-refractivity contribution >= 4 is 0 Å². The highest BCUT2D eigenvalue weighted by atomic mass is 16.3. The number of β-amino-alcohol motifs (C(OH)–C–C–N with tert-alkyl or cyclic N) is 1. The summed E-state index contributed by atoms with van der Waals surface area (Å²) in [6.45, 7) is 5.56. The highest BCUT2D eigenvalue weighted by Crippen LogP contribution is 2.01. The summed E-state index contributed by atoms with van der Waals surface area (Å²) in [5.74, 6) is 0. The van der Waals surface area contributed by atoms with Gasteiger partial charge in [-0.2, -0.15) is 0 Å². The van der Waals surface area contributed by atoms with Crippen molar-refractivity contribution in [2.45, 2.75) is 25.5 Å². The fraction of sp³-hybridized carbons (Fsp3) is 1.00. The van der Waals surface area contributed by atoms with E-state index in [9.17, 15) is 5.11 Å². The first-order chi connectivity index (χ1) is 6.22. The SMILES string of the molecule is CC1CCN(CC(O)CO)CCN1. The summed E-state index contributed by atoms with van der Waals surface area (Å²) in [6.07, 6.45) is 0.520. The first kappa shape index (κ1) is 10.9. The molecule has 0 bridgehead atoms. The number of nitrogens with zero attached hydrogens (tertiary/aromatic N) is 1. The van der Waals surface area contributed by atoms with Gasteiger partial charge in [0.2, 0.25) is 0 Å². The Bertz CT molecular complexity index is 144. The van der Waals surface area contributed by atoms with Crippen molar-refractivity contribution in [3.8, 4) is 0 Å². The Labute approximate surface area is 79.6 Å². The van der Waals surface area contributed by atoms with E-state index in [4.69, 9.17) is 5.11 Å². The molecule has 0 spiro atoms. The van der Waals surface area contributed by atoms with Crippen LogP contribution in [0, 0.1) is 0 Å². The summed E-state index contributed by atoms with van der Waals surface area (Å²) in [7, 11) is 0. The molecule has 1 fully saturated rings. The van der Waals surface area contributed by atoms with Crippen LogP contribution in [0.15, 0.2) is 0 Å². The topological polar surface area (TPSA) is 55.7 Å². The average molecular weight is 188 g/mol. The first-order valence-electron chi connectivity index (χ1n) is 4.97. The quantitative estimate of drug-likeness (QED) is 0.533. The molecule has 0 aromatic carbocycles. The molecule has 1 rings (SSSR count). The molecule has 4 nitrogen and oxygen atoms in total. The van der Waals surface area contributed by atoms with Crippen molar-refractivity contribution in [1.82, 2.24) is 10.2 Å². The fourth-order valence-electron chi connectivity index (χ4n) is 1.60. The van der Waals surface area contributed by atoms with Crippen LogP contribution in [0.1, 0.15) is 13.3 Å². The van der Waals surface area contributed by atoms with Gasteiger partial charge in [0.05, 0.1) is 12.7 Å². The fourth-order valence-corrected chi connectivity index (χ4v) is 1.60. The summed E-state index contributed by atoms with van der Waals surface area (Å²) < 4.78 is 0. The lowest BCUT2D eigenvalue weighted by molar-refractivity contribution is 0.0610. The third kappa shape index (κ3) is 4.04. The molecule has 0 aliphatic carbocycles. The molecule has 0 saturated carbocycles. The molecule has 0 aromatic heterocycles. The lowest BCUT2D eigenvalue weighted by Gasteiger charge is -2.21. The van der Waals surface area contributed by atoms with Crippen LogP contribution in [0.25, 0.3) is 0 Å². The van der Waals surface area contributed by atoms with Gasteiger partial charge < -0.3 is 15.5 Å². The van der Waals surface area contributed by atoms with Gasteiger partial charge in [0.25, 0.3) is 0 Å². The minimum atomic E-state index is -0.589. The van der Waals surface area contributed by atoms with E-state index in [0.717, 1.165) is 26.1 Å². The first-order valence-corrected chi connectivity index (χ1v) is 4.97. The van der Waals surface area contributed by atoms with Crippen LogP contribution in [-0.4, -0.2) is 60.0 Å². The molecule has 0 amide bonds. The van der Waals surface area contributed by atoms with E-state index in [1.54, 1.807) is 0 Å². The molecular formula is C9H20N2O2. The van der Waals surface area contributed by atoms with E-state index < -0.39 is 6.10 Å². The van der Waals surface area contributed by atoms with E-state index in [1.807, 2.05) is 0 Å². The maximum atomic E-state index is 9.26. The normalized spacial score (nSPS) is 28.4. The van der Waals surface area contributed by atoms with Crippen LogP contribution >= 0.6 is 0 Å². The Hall–Kier alpha value is -0.160. The van der Waals surface area contributed by atoms with E-state index in [1.165, 1.54) is 0 Å². The Kier molecular flexibility index (Phi) is 4.66. The highest BCUT2D eigenvalue weighted by molar-refractivity contribution is 4.73. The summed E-state index contributed by atoms with van der Waals surface area (Å²) >= 11 is 0. The van der Waals surface area contributed by atoms with Crippen molar-refractivity contribution in [3.63, 3.8) is 0 Å². The minimum absolute atomic E-state index is 0.139. The second kappa shape index (κ2) is 5.54. The molecule has 1 aliphatic heterocycles. The van der Waals surface area contributed by atoms with Gasteiger partial charge in [0.1, 0.15) is 0 Å². The zero-order valence-electron chi connectivity index (χ0n) is 8.24. The van der Waals surface area contributed by atoms with E-state index >= 15 is 0 Å². The molecule has 0 radical (unpaired) electrons. The molecule has 0 aromatic rings. The highest BCUT2D eigenvalue weighted by Gasteiger charge is 2.15. The lowest BCUT2D eigenvalue weighted by atomic mass is 10.2. The van der Waals surface area contributed by atoms with Crippen LogP contribution < -0.4 is 5.32 Å². The van der Waals surface area contributed by atoms with E-state index in [0.29, 0.717) is 12.6 Å². The Balaban J connectivity index is 2.25. The smallest absolute Gasteiger partial charge is 0.0897 e. The largest absolute Gasteiger partial charge is 0.394 e. The van der Waals surface area contributed by atoms with Crippen LogP contribution in [-0.2, 0) is 0 Å². The van der Waals surface area contributed by atoms with Crippen LogP contribution in [0.3, 0.4) is 0 Å². The van der Waals surface area contributed by atoms with Gasteiger partial charge in [0, 0.05) is 25.7 Å². The monoisotopic (exact) mass is 188 g/mol. The third-order valence-electron chi connectivity index (χ3n) is 2.48. The average Bonchev–Trinajstić information content (AvgIpc) is 2.31. The van der Waals surface area contributed by atoms with Crippen LogP contribution in [0.5, 0.6) is 0 Å². The van der Waals surface area contributed by atoms with Crippen LogP contribution in [0.2, 0.25) is 0 Å². The second-order valence-corrected chi connectivity index (χ2v) is 3.78. The van der Waals surface area contributed by atoms with Crippen molar-refractivity contribution in [2.75, 3.05) is 32.8 Å². The molecule has 3 N–H and O–H groups in total. The van der Waals surface area contributed by atoms with Crippen molar-refractivity contribution < 1.29 is 10.2 Å². The molecular weight excluding hydrogens is 168 g/mol. The maximum absolute atomic E-state index is 9.26. The van der Waals surface area contributed by atoms with Gasteiger partial charge in [0.15, 0.2) is 0 Å². The predicted molar refractivity (Wildman–Crippen MR) is 51.6 cm³/mol. The van der Waals surface area contributed by atoms with Gasteiger partial charge in [-0.05, 0) is 19.9 Å². The number of aliphatic hydroxyl groups excluding tert-OH is 2. The maximum Gasteiger partial charge on any atom is 0.0897 e. The zero-order valence-corrected chi connectivity index (χ0v) is 8.24. The molecule has 13 heavy (non-hydrogen) atoms. The molecule has 2 atom stereocenters. The Morgan fingerprint density at radius 2 is 2.31 bits per heavy atom. The van der Waals surface area contributed by atoms with Crippen molar-refractivity contribution in [3.05, 3.63) is 0 Å². The molecule has 4 heteroatoms. The van der Waals surface area contributed by atoms with E-state index in [2.05, 4.69) is 17.1 Å². The summed E-state index contributed by atoms with van der Waals surface area (Å²) in [6, 6.07) is 0.566. The van der Waals surface area contributed by atoms with Crippen LogP contribution in [0.4, 0.5) is 0 Å². The van der Waals surface area contributed by atoms with Gasteiger partial charge in [-0.1, -0.05) is 0 Å². The van der Waals surface area contributed by atoms with Gasteiger partial charge in [-0.3, -0.25) is 4.90 Å². The zero-order chi connectivity index (χ0) is 9.68. The number of rotatable bonds is 3. The van der Waals surface area contributed by atoms with Gasteiger partial charge >= 0.3 is 0 Å². The van der Waals surface area contributed by atoms with E-state index in [-0.39, 0.29) is 6.61 Å². The summed E-state index contributed by atoms with van der Waals surface area (Å²) in [5.41, 5.74) is 0. The number of aliphatic hydroxyl groups is 2. The Morgan fingerprint density at radius 1 is 1.54 bits per heavy atom. The molecule has 78 valence electrons. The van der Waals surface area contributed by atoms with Crippen molar-refractivity contribution in [2.24, 2.45) is 0 Å². The van der Waals surface area contributed by atoms with Gasteiger partial charge in [-0.25, -0.2) is 0 Å². The molecule has 1 aliphatic rings. The third-order valence-corrected chi connectivity index (χ3v) is 2.48. The van der Waals surface area contributed by atoms with Crippen molar-refractivity contribution in [1.29, 1.82) is 0 Å². The molecule has 2 unspecified atom stereocenters. The summed E-state index contributed by atoms with van der Waals surface area (Å²) in [5, 5.41) is 21.3. The number of nitrogens with one attached hydrogen (secondary N) is 1. The minimum Gasteiger partial charge on any atom is -0.394 e. The lowest BCUT2D eigenvalue weighted by Crippen LogP contribution is -2.36. The molecule has 1 saturated heterocycles. The molecule has 1 heterocycles. The Morgan fingerprint density at radius 3 is 3.00 bits per heavy atom. The standard InChI is InChI=1S/C9H20N2O2/c1-8-2-4-11(5-3-10-8)6-9(13)7-12/h8-10,12-13H,2-7H2,1H3. The second-order valence-electron chi connectivity index (χ2n) is 3.78. The van der Waals surface area contributed by atoms with Gasteiger partial charge in [-0.15, -0.1) is 0 Å². The predicted octanol–water partition coefficient (Wildman–Crippen LogP) is -0.977.